The van der Waals surface area contributed by atoms with Crippen molar-refractivity contribution in [1.82, 2.24) is 4.90 Å². The molecule has 0 N–H and O–H groups in total. The summed E-state index contributed by atoms with van der Waals surface area (Å²) in [6, 6.07) is 10.4. The monoisotopic (exact) mass is 277 g/mol. The van der Waals surface area contributed by atoms with Crippen LogP contribution >= 0.6 is 0 Å². The Morgan fingerprint density at radius 2 is 2.20 bits per heavy atom. The van der Waals surface area contributed by atoms with Crippen LogP contribution in [0.15, 0.2) is 30.3 Å². The summed E-state index contributed by atoms with van der Waals surface area (Å²) in [5, 5.41) is 0. The topological polar surface area (TPSA) is 38.8 Å². The van der Waals surface area contributed by atoms with Crippen LogP contribution in [-0.4, -0.2) is 49.8 Å². The third kappa shape index (κ3) is 4.62. The first-order chi connectivity index (χ1) is 9.79. The van der Waals surface area contributed by atoms with E-state index in [1.807, 2.05) is 17.9 Å². The fourth-order valence-corrected chi connectivity index (χ4v) is 2.37. The van der Waals surface area contributed by atoms with E-state index >= 15 is 0 Å². The molecule has 0 saturated carbocycles. The average Bonchev–Trinajstić information content (AvgIpc) is 2.52. The minimum Gasteiger partial charge on any atom is -0.375 e. The van der Waals surface area contributed by atoms with Gasteiger partial charge in [0.05, 0.1) is 12.7 Å². The van der Waals surface area contributed by atoms with Crippen molar-refractivity contribution >= 4 is 5.91 Å². The maximum atomic E-state index is 11.9. The lowest BCUT2D eigenvalue weighted by Gasteiger charge is -2.33. The SMILES string of the molecule is CCOCC(=O)N1CCO[C@H](CCc2ccccc2)C1. The Hall–Kier alpha value is -1.39. The summed E-state index contributed by atoms with van der Waals surface area (Å²) in [7, 11) is 0. The second kappa shape index (κ2) is 8.02. The summed E-state index contributed by atoms with van der Waals surface area (Å²) in [5.41, 5.74) is 1.31. The van der Waals surface area contributed by atoms with Crippen molar-refractivity contribution in [2.24, 2.45) is 0 Å². The molecule has 0 bridgehead atoms. The number of aryl methyl sites for hydroxylation is 1. The van der Waals surface area contributed by atoms with E-state index in [1.54, 1.807) is 0 Å². The van der Waals surface area contributed by atoms with Crippen LogP contribution in [-0.2, 0) is 20.7 Å². The molecule has 1 fully saturated rings. The lowest BCUT2D eigenvalue weighted by Crippen LogP contribution is -2.47. The van der Waals surface area contributed by atoms with Gasteiger partial charge in [0.2, 0.25) is 5.91 Å². The molecule has 1 aromatic carbocycles. The average molecular weight is 277 g/mol. The van der Waals surface area contributed by atoms with E-state index < -0.39 is 0 Å². The highest BCUT2D eigenvalue weighted by Gasteiger charge is 2.23. The predicted molar refractivity (Wildman–Crippen MR) is 77.6 cm³/mol. The number of amides is 1. The van der Waals surface area contributed by atoms with Crippen molar-refractivity contribution in [2.75, 3.05) is 32.9 Å². The number of carbonyl (C=O) groups excluding carboxylic acids is 1. The fourth-order valence-electron chi connectivity index (χ4n) is 2.37. The number of hydrogen-bond acceptors (Lipinski definition) is 3. The molecule has 0 spiro atoms. The van der Waals surface area contributed by atoms with Gasteiger partial charge in [-0.25, -0.2) is 0 Å². The van der Waals surface area contributed by atoms with Crippen molar-refractivity contribution < 1.29 is 14.3 Å². The van der Waals surface area contributed by atoms with E-state index in [2.05, 4.69) is 24.3 Å². The van der Waals surface area contributed by atoms with E-state index in [-0.39, 0.29) is 18.6 Å². The Morgan fingerprint density at radius 1 is 1.40 bits per heavy atom. The Kier molecular flexibility index (Phi) is 6.02. The second-order valence-corrected chi connectivity index (χ2v) is 4.99. The van der Waals surface area contributed by atoms with Crippen LogP contribution in [0.2, 0.25) is 0 Å². The van der Waals surface area contributed by atoms with E-state index in [1.165, 1.54) is 5.56 Å². The van der Waals surface area contributed by atoms with Crippen molar-refractivity contribution in [3.8, 4) is 0 Å². The number of benzene rings is 1. The number of carbonyl (C=O) groups is 1. The Morgan fingerprint density at radius 3 is 2.95 bits per heavy atom. The number of nitrogens with zero attached hydrogens (tertiary/aromatic N) is 1. The van der Waals surface area contributed by atoms with Gasteiger partial charge in [0.15, 0.2) is 0 Å². The summed E-state index contributed by atoms with van der Waals surface area (Å²) < 4.78 is 10.9. The molecule has 4 nitrogen and oxygen atoms in total. The van der Waals surface area contributed by atoms with E-state index in [4.69, 9.17) is 9.47 Å². The van der Waals surface area contributed by atoms with Crippen molar-refractivity contribution in [3.05, 3.63) is 35.9 Å². The molecular weight excluding hydrogens is 254 g/mol. The molecule has 2 rings (SSSR count). The van der Waals surface area contributed by atoms with Crippen molar-refractivity contribution in [1.29, 1.82) is 0 Å². The Labute approximate surface area is 120 Å². The minimum absolute atomic E-state index is 0.0693. The number of ether oxygens (including phenoxy) is 2. The van der Waals surface area contributed by atoms with Gasteiger partial charge in [-0.1, -0.05) is 30.3 Å². The van der Waals surface area contributed by atoms with Gasteiger partial charge in [-0.3, -0.25) is 4.79 Å². The van der Waals surface area contributed by atoms with Crippen molar-refractivity contribution in [3.63, 3.8) is 0 Å². The number of morpholine rings is 1. The quantitative estimate of drug-likeness (QED) is 0.797. The molecule has 20 heavy (non-hydrogen) atoms. The summed E-state index contributed by atoms with van der Waals surface area (Å²) >= 11 is 0. The third-order valence-corrected chi connectivity index (χ3v) is 3.52. The highest BCUT2D eigenvalue weighted by Crippen LogP contribution is 2.12. The Balaban J connectivity index is 1.77. The Bertz CT molecular complexity index is 407. The summed E-state index contributed by atoms with van der Waals surface area (Å²) in [5.74, 6) is 0.0693. The number of hydrogen-bond donors (Lipinski definition) is 0. The normalized spacial score (nSPS) is 19.1. The molecule has 1 saturated heterocycles. The first kappa shape index (κ1) is 15.0. The van der Waals surface area contributed by atoms with Crippen LogP contribution in [0.4, 0.5) is 0 Å². The van der Waals surface area contributed by atoms with Gasteiger partial charge in [-0.2, -0.15) is 0 Å². The van der Waals surface area contributed by atoms with E-state index in [0.29, 0.717) is 26.3 Å². The van der Waals surface area contributed by atoms with Crippen LogP contribution < -0.4 is 0 Å². The molecule has 1 amide bonds. The van der Waals surface area contributed by atoms with E-state index in [0.717, 1.165) is 12.8 Å². The van der Waals surface area contributed by atoms with Crippen LogP contribution in [0.1, 0.15) is 18.9 Å². The highest BCUT2D eigenvalue weighted by atomic mass is 16.5. The summed E-state index contributed by atoms with van der Waals surface area (Å²) in [4.78, 5) is 13.8. The largest absolute Gasteiger partial charge is 0.375 e. The summed E-state index contributed by atoms with van der Waals surface area (Å²) in [6.45, 7) is 4.63. The molecule has 0 aliphatic carbocycles. The zero-order valence-electron chi connectivity index (χ0n) is 12.1. The molecule has 1 heterocycles. The smallest absolute Gasteiger partial charge is 0.248 e. The predicted octanol–water partition coefficient (Wildman–Crippen LogP) is 1.88. The molecule has 110 valence electrons. The number of rotatable bonds is 6. The fraction of sp³-hybridized carbons (Fsp3) is 0.562. The first-order valence-corrected chi connectivity index (χ1v) is 7.30. The van der Waals surface area contributed by atoms with Gasteiger partial charge >= 0.3 is 0 Å². The minimum atomic E-state index is 0.0693. The first-order valence-electron chi connectivity index (χ1n) is 7.30. The maximum Gasteiger partial charge on any atom is 0.248 e. The van der Waals surface area contributed by atoms with E-state index in [9.17, 15) is 4.79 Å². The maximum absolute atomic E-state index is 11.9. The third-order valence-electron chi connectivity index (χ3n) is 3.52. The van der Waals surface area contributed by atoms with Crippen molar-refractivity contribution in [2.45, 2.75) is 25.9 Å². The molecular formula is C16H23NO3. The molecule has 1 aliphatic heterocycles. The van der Waals surface area contributed by atoms with Gasteiger partial charge in [0.1, 0.15) is 6.61 Å². The standard InChI is InChI=1S/C16H23NO3/c1-2-19-13-16(18)17-10-11-20-15(12-17)9-8-14-6-4-3-5-7-14/h3-7,15H,2,8-13H2,1H3/t15-/m1/s1. The second-order valence-electron chi connectivity index (χ2n) is 4.99. The van der Waals surface area contributed by atoms with Crippen LogP contribution in [0.25, 0.3) is 0 Å². The van der Waals surface area contributed by atoms with Crippen LogP contribution in [0.5, 0.6) is 0 Å². The summed E-state index contributed by atoms with van der Waals surface area (Å²) in [6.07, 6.45) is 2.07. The van der Waals surface area contributed by atoms with Gasteiger partial charge in [-0.15, -0.1) is 0 Å². The van der Waals surface area contributed by atoms with Crippen LogP contribution in [0, 0.1) is 0 Å². The van der Waals surface area contributed by atoms with Gasteiger partial charge < -0.3 is 14.4 Å². The van der Waals surface area contributed by atoms with Gasteiger partial charge in [-0.05, 0) is 25.3 Å². The molecule has 0 unspecified atom stereocenters. The zero-order chi connectivity index (χ0) is 14.2. The van der Waals surface area contributed by atoms with Gasteiger partial charge in [0, 0.05) is 19.7 Å². The molecule has 1 aromatic rings. The molecule has 0 radical (unpaired) electrons. The molecule has 4 heteroatoms. The lowest BCUT2D eigenvalue weighted by atomic mass is 10.1. The lowest BCUT2D eigenvalue weighted by molar-refractivity contribution is -0.143. The molecule has 1 atom stereocenters. The van der Waals surface area contributed by atoms with Gasteiger partial charge in [0.25, 0.3) is 0 Å². The zero-order valence-corrected chi connectivity index (χ0v) is 12.1. The molecule has 0 aromatic heterocycles. The molecule has 1 aliphatic rings. The van der Waals surface area contributed by atoms with Crippen LogP contribution in [0.3, 0.4) is 0 Å². The highest BCUT2D eigenvalue weighted by molar-refractivity contribution is 5.77.